The Kier molecular flexibility index (Phi) is 5.93. The molecule has 1 unspecified atom stereocenters. The van der Waals surface area contributed by atoms with E-state index in [9.17, 15) is 9.59 Å². The second kappa shape index (κ2) is 8.90. The Bertz CT molecular complexity index is 1030. The van der Waals surface area contributed by atoms with E-state index in [1.807, 2.05) is 51.1 Å². The normalized spacial score (nSPS) is 26.4. The SMILES string of the molecule is CC(C)(C)OC(=O)N[C@H]1C[C@H](c2nnc([C@@H]3CCC4CN3C(=O)N4OCc3ccccc3)o2)C1. The molecule has 3 amide bonds. The summed E-state index contributed by atoms with van der Waals surface area (Å²) >= 11 is 0. The van der Waals surface area contributed by atoms with Crippen molar-refractivity contribution >= 4 is 12.1 Å². The van der Waals surface area contributed by atoms with Gasteiger partial charge in [0.1, 0.15) is 18.2 Å². The lowest BCUT2D eigenvalue weighted by Crippen LogP contribution is -2.45. The molecule has 3 heterocycles. The number of ether oxygens (including phenoxy) is 1. The van der Waals surface area contributed by atoms with Gasteiger partial charge in [0.25, 0.3) is 0 Å². The van der Waals surface area contributed by atoms with Crippen LogP contribution in [-0.2, 0) is 16.2 Å². The molecule has 0 spiro atoms. The number of benzene rings is 1. The number of nitrogens with zero attached hydrogens (tertiary/aromatic N) is 4. The van der Waals surface area contributed by atoms with Gasteiger partial charge in [0.05, 0.1) is 6.04 Å². The highest BCUT2D eigenvalue weighted by Gasteiger charge is 2.48. The molecule has 1 saturated carbocycles. The van der Waals surface area contributed by atoms with Gasteiger partial charge in [0, 0.05) is 18.5 Å². The van der Waals surface area contributed by atoms with E-state index in [1.54, 1.807) is 4.90 Å². The lowest BCUT2D eigenvalue weighted by Gasteiger charge is -2.34. The van der Waals surface area contributed by atoms with Crippen LogP contribution in [0.1, 0.15) is 75.8 Å². The van der Waals surface area contributed by atoms with Crippen molar-refractivity contribution in [3.63, 3.8) is 0 Å². The van der Waals surface area contributed by atoms with E-state index in [1.165, 1.54) is 5.06 Å². The maximum Gasteiger partial charge on any atom is 0.407 e. The van der Waals surface area contributed by atoms with Crippen molar-refractivity contribution in [2.24, 2.45) is 0 Å². The van der Waals surface area contributed by atoms with Crippen LogP contribution in [0.5, 0.6) is 0 Å². The Balaban J connectivity index is 1.15. The van der Waals surface area contributed by atoms with Gasteiger partial charge in [-0.3, -0.25) is 4.84 Å². The van der Waals surface area contributed by atoms with Crippen molar-refractivity contribution in [1.82, 2.24) is 25.5 Å². The van der Waals surface area contributed by atoms with Crippen LogP contribution in [0.3, 0.4) is 0 Å². The molecule has 2 atom stereocenters. The average molecular weight is 470 g/mol. The van der Waals surface area contributed by atoms with Crippen LogP contribution in [0.25, 0.3) is 0 Å². The number of nitrogens with one attached hydrogen (secondary N) is 1. The molecule has 10 nitrogen and oxygen atoms in total. The number of carbonyl (C=O) groups is 2. The number of hydrogen-bond acceptors (Lipinski definition) is 7. The second-order valence-electron chi connectivity index (χ2n) is 10.3. The van der Waals surface area contributed by atoms with Gasteiger partial charge in [0.2, 0.25) is 11.8 Å². The average Bonchev–Trinajstić information content (AvgIpc) is 3.33. The van der Waals surface area contributed by atoms with Crippen LogP contribution < -0.4 is 5.32 Å². The third-order valence-corrected chi connectivity index (χ3v) is 6.49. The number of urea groups is 1. The molecule has 1 aromatic carbocycles. The standard InChI is InChI=1S/C24H31N5O5/c1-24(2,3)34-22(30)25-17-11-16(12-17)20-26-27-21(33-20)19-10-9-18-13-28(19)23(31)29(18)32-14-15-7-5-4-6-8-15/h4-8,16-19H,9-14H2,1-3H3,(H,25,30)/t16-,17-,18?,19-/m0/s1. The first-order chi connectivity index (χ1) is 16.3. The van der Waals surface area contributed by atoms with Crippen molar-refractivity contribution in [3.8, 4) is 0 Å². The molecule has 1 aromatic heterocycles. The maximum absolute atomic E-state index is 13.0. The van der Waals surface area contributed by atoms with Gasteiger partial charge in [-0.25, -0.2) is 9.59 Å². The Morgan fingerprint density at radius 2 is 1.88 bits per heavy atom. The van der Waals surface area contributed by atoms with Gasteiger partial charge < -0.3 is 19.4 Å². The summed E-state index contributed by atoms with van der Waals surface area (Å²) < 4.78 is 11.3. The smallest absolute Gasteiger partial charge is 0.407 e. The van der Waals surface area contributed by atoms with E-state index >= 15 is 0 Å². The fraction of sp³-hybridized carbons (Fsp3) is 0.583. The fourth-order valence-electron chi connectivity index (χ4n) is 4.73. The lowest BCUT2D eigenvalue weighted by molar-refractivity contribution is -0.140. The van der Waals surface area contributed by atoms with Crippen molar-refractivity contribution < 1.29 is 23.6 Å². The highest BCUT2D eigenvalue weighted by molar-refractivity contribution is 5.77. The number of rotatable bonds is 6. The van der Waals surface area contributed by atoms with E-state index in [4.69, 9.17) is 14.0 Å². The number of amides is 3. The number of hydrogen-bond donors (Lipinski definition) is 1. The van der Waals surface area contributed by atoms with Crippen LogP contribution in [0, 0.1) is 0 Å². The van der Waals surface area contributed by atoms with E-state index in [0.717, 1.165) is 31.2 Å². The highest BCUT2D eigenvalue weighted by Crippen LogP contribution is 2.41. The first-order valence-corrected chi connectivity index (χ1v) is 11.9. The molecule has 2 aromatic rings. The largest absolute Gasteiger partial charge is 0.444 e. The predicted octanol–water partition coefficient (Wildman–Crippen LogP) is 3.91. The Morgan fingerprint density at radius 3 is 2.62 bits per heavy atom. The number of alkyl carbamates (subject to hydrolysis) is 1. The highest BCUT2D eigenvalue weighted by atomic mass is 16.7. The second-order valence-corrected chi connectivity index (χ2v) is 10.3. The monoisotopic (exact) mass is 469 g/mol. The molecule has 2 saturated heterocycles. The molecule has 3 fully saturated rings. The summed E-state index contributed by atoms with van der Waals surface area (Å²) in [5, 5.41) is 12.9. The molecule has 1 aliphatic carbocycles. The summed E-state index contributed by atoms with van der Waals surface area (Å²) in [5.41, 5.74) is 0.493. The zero-order chi connectivity index (χ0) is 23.9. The minimum absolute atomic E-state index is 0.0288. The summed E-state index contributed by atoms with van der Waals surface area (Å²) in [6, 6.07) is 9.46. The molecule has 5 rings (SSSR count). The quantitative estimate of drug-likeness (QED) is 0.683. The molecule has 3 aliphatic rings. The third-order valence-electron chi connectivity index (χ3n) is 6.49. The molecule has 182 valence electrons. The van der Waals surface area contributed by atoms with E-state index < -0.39 is 11.7 Å². The molecular formula is C24H31N5O5. The van der Waals surface area contributed by atoms with Gasteiger partial charge in [-0.2, -0.15) is 5.06 Å². The Morgan fingerprint density at radius 1 is 1.15 bits per heavy atom. The van der Waals surface area contributed by atoms with E-state index in [-0.39, 0.29) is 30.1 Å². The number of carbonyl (C=O) groups excluding carboxylic acids is 2. The van der Waals surface area contributed by atoms with Crippen molar-refractivity contribution in [2.75, 3.05) is 6.54 Å². The van der Waals surface area contributed by atoms with Crippen molar-refractivity contribution in [3.05, 3.63) is 47.7 Å². The van der Waals surface area contributed by atoms with Gasteiger partial charge >= 0.3 is 12.1 Å². The zero-order valence-electron chi connectivity index (χ0n) is 19.8. The first-order valence-electron chi connectivity index (χ1n) is 11.9. The third kappa shape index (κ3) is 4.72. The maximum atomic E-state index is 13.0. The summed E-state index contributed by atoms with van der Waals surface area (Å²) in [6.07, 6.45) is 2.58. The van der Waals surface area contributed by atoms with Crippen LogP contribution in [0.4, 0.5) is 9.59 Å². The summed E-state index contributed by atoms with van der Waals surface area (Å²) in [6.45, 7) is 6.45. The van der Waals surface area contributed by atoms with Crippen LogP contribution in [0.2, 0.25) is 0 Å². The summed E-state index contributed by atoms with van der Waals surface area (Å²) in [7, 11) is 0. The minimum atomic E-state index is -0.525. The topological polar surface area (TPSA) is 110 Å². The van der Waals surface area contributed by atoms with Gasteiger partial charge in [-0.05, 0) is 52.0 Å². The van der Waals surface area contributed by atoms with E-state index in [2.05, 4.69) is 15.5 Å². The van der Waals surface area contributed by atoms with Gasteiger partial charge in [-0.1, -0.05) is 30.3 Å². The minimum Gasteiger partial charge on any atom is -0.444 e. The summed E-state index contributed by atoms with van der Waals surface area (Å²) in [5.74, 6) is 1.12. The van der Waals surface area contributed by atoms with E-state index in [0.29, 0.717) is 24.9 Å². The molecular weight excluding hydrogens is 438 g/mol. The Labute approximate surface area is 198 Å². The molecule has 2 aliphatic heterocycles. The fourth-order valence-corrected chi connectivity index (χ4v) is 4.73. The molecule has 34 heavy (non-hydrogen) atoms. The van der Waals surface area contributed by atoms with Crippen LogP contribution in [-0.4, -0.2) is 56.5 Å². The van der Waals surface area contributed by atoms with Crippen LogP contribution >= 0.6 is 0 Å². The van der Waals surface area contributed by atoms with Gasteiger partial charge in [-0.15, -0.1) is 10.2 Å². The lowest BCUT2D eigenvalue weighted by atomic mass is 9.80. The molecule has 2 bridgehead atoms. The predicted molar refractivity (Wildman–Crippen MR) is 120 cm³/mol. The van der Waals surface area contributed by atoms with Crippen molar-refractivity contribution in [1.29, 1.82) is 0 Å². The molecule has 10 heteroatoms. The first kappa shape index (κ1) is 22.6. The number of hydroxylamine groups is 2. The van der Waals surface area contributed by atoms with Gasteiger partial charge in [0.15, 0.2) is 0 Å². The molecule has 1 N–H and O–H groups in total. The van der Waals surface area contributed by atoms with Crippen LogP contribution in [0.15, 0.2) is 34.7 Å². The summed E-state index contributed by atoms with van der Waals surface area (Å²) in [4.78, 5) is 32.6. The number of aromatic nitrogens is 2. The number of piperidine rings is 1. The zero-order valence-corrected chi connectivity index (χ0v) is 19.8. The number of fused-ring (bicyclic) bond motifs is 2. The van der Waals surface area contributed by atoms with Crippen molar-refractivity contribution in [2.45, 2.75) is 82.7 Å². The Hall–Kier alpha value is -3.14. The molecule has 0 radical (unpaired) electrons.